The van der Waals surface area contributed by atoms with Crippen molar-refractivity contribution in [2.24, 2.45) is 5.18 Å². The maximum atomic E-state index is 11.0. The molecule has 0 spiro atoms. The van der Waals surface area contributed by atoms with E-state index in [2.05, 4.69) is 10.0 Å². The van der Waals surface area contributed by atoms with Crippen LogP contribution in [0.15, 0.2) is 17.3 Å². The third kappa shape index (κ3) is 1.88. The predicted octanol–water partition coefficient (Wildman–Crippen LogP) is 1.20. The van der Waals surface area contributed by atoms with Gasteiger partial charge in [-0.25, -0.2) is 0 Å². The first-order valence-corrected chi connectivity index (χ1v) is 3.77. The van der Waals surface area contributed by atoms with Gasteiger partial charge >= 0.3 is 0 Å². The van der Waals surface area contributed by atoms with Crippen LogP contribution in [0.3, 0.4) is 0 Å². The molecule has 0 aromatic heterocycles. The molecule has 0 fully saturated rings. The first-order chi connectivity index (χ1) is 5.79. The second-order valence-corrected chi connectivity index (χ2v) is 2.65. The molecule has 0 saturated heterocycles. The van der Waals surface area contributed by atoms with Crippen LogP contribution in [0.1, 0.15) is 12.8 Å². The quantitative estimate of drug-likeness (QED) is 0.363. The molecule has 1 aliphatic rings. The number of hydrogen-bond acceptors (Lipinski definition) is 5. The van der Waals surface area contributed by atoms with E-state index in [0.29, 0.717) is 18.1 Å². The summed E-state index contributed by atoms with van der Waals surface area (Å²) in [4.78, 5) is 14.8. The molecule has 0 aliphatic heterocycles. The molecule has 0 aromatic carbocycles. The maximum absolute atomic E-state index is 11.0. The highest BCUT2D eigenvalue weighted by Crippen LogP contribution is 2.19. The minimum absolute atomic E-state index is 0.440. The van der Waals surface area contributed by atoms with E-state index in [1.165, 1.54) is 7.11 Å². The van der Waals surface area contributed by atoms with E-state index >= 15 is 0 Å². The Labute approximate surface area is 70.5 Å². The molecule has 1 rings (SSSR count). The van der Waals surface area contributed by atoms with Crippen LogP contribution < -0.4 is 0 Å². The molecule has 0 amide bonds. The Balaban J connectivity index is 2.60. The summed E-state index contributed by atoms with van der Waals surface area (Å²) >= 11 is 0. The van der Waals surface area contributed by atoms with E-state index in [0.717, 1.165) is 0 Å². The number of hydroxylamine groups is 2. The van der Waals surface area contributed by atoms with Crippen molar-refractivity contribution >= 4 is 0 Å². The summed E-state index contributed by atoms with van der Waals surface area (Å²) in [7, 11) is 1.28. The first-order valence-electron chi connectivity index (χ1n) is 3.77. The largest absolute Gasteiger partial charge is 0.762 e. The number of nitroso groups, excluding NO2 is 1. The number of nitrogens with zero attached hydrogens (tertiary/aromatic N) is 2. The molecule has 68 valence electrons. The lowest BCUT2D eigenvalue weighted by Gasteiger charge is -2.37. The molecule has 0 bridgehead atoms. The van der Waals surface area contributed by atoms with E-state index in [-0.39, 0.29) is 0 Å². The van der Waals surface area contributed by atoms with Gasteiger partial charge in [-0.1, -0.05) is 17.3 Å². The fraction of sp³-hybridized carbons (Fsp3) is 0.714. The molecule has 0 N–H and O–H groups in total. The molecule has 2 atom stereocenters. The molecule has 0 saturated carbocycles. The summed E-state index contributed by atoms with van der Waals surface area (Å²) in [6, 6.07) is -0.940. The smallest absolute Gasteiger partial charge is 0.112 e. The highest BCUT2D eigenvalue weighted by Gasteiger charge is 2.24. The van der Waals surface area contributed by atoms with Crippen molar-refractivity contribution in [1.29, 1.82) is 0 Å². The van der Waals surface area contributed by atoms with Crippen LogP contribution in [-0.4, -0.2) is 24.4 Å². The molecular weight excluding hydrogens is 160 g/mol. The highest BCUT2D eigenvalue weighted by molar-refractivity contribution is 5.00. The summed E-state index contributed by atoms with van der Waals surface area (Å²) in [5.74, 6) is 0. The van der Waals surface area contributed by atoms with Gasteiger partial charge in [0, 0.05) is 0 Å². The Morgan fingerprint density at radius 1 is 1.58 bits per heavy atom. The van der Waals surface area contributed by atoms with E-state index in [1.54, 1.807) is 0 Å². The van der Waals surface area contributed by atoms with Gasteiger partial charge in [0.1, 0.15) is 6.04 Å². The Bertz CT molecular complexity index is 183. The van der Waals surface area contributed by atoms with Gasteiger partial charge in [0.25, 0.3) is 0 Å². The molecule has 5 nitrogen and oxygen atoms in total. The average molecular weight is 171 g/mol. The number of rotatable bonds is 3. The summed E-state index contributed by atoms with van der Waals surface area (Å²) < 4.78 is 0. The zero-order chi connectivity index (χ0) is 8.97. The fourth-order valence-corrected chi connectivity index (χ4v) is 1.26. The first kappa shape index (κ1) is 9.31. The minimum Gasteiger partial charge on any atom is -0.762 e. The highest BCUT2D eigenvalue weighted by atomic mass is 16.9. The fourth-order valence-electron chi connectivity index (χ4n) is 1.26. The molecule has 0 radical (unpaired) electrons. The Morgan fingerprint density at radius 3 is 2.83 bits per heavy atom. The second-order valence-electron chi connectivity index (χ2n) is 2.65. The Morgan fingerprint density at radius 2 is 2.25 bits per heavy atom. The van der Waals surface area contributed by atoms with Gasteiger partial charge in [-0.15, -0.1) is 0 Å². The van der Waals surface area contributed by atoms with Crippen LogP contribution in [0.5, 0.6) is 0 Å². The van der Waals surface area contributed by atoms with Crippen LogP contribution in [-0.2, 0) is 4.84 Å². The molecule has 0 aromatic rings. The second kappa shape index (κ2) is 4.30. The van der Waals surface area contributed by atoms with Crippen molar-refractivity contribution in [2.45, 2.75) is 24.9 Å². The summed E-state index contributed by atoms with van der Waals surface area (Å²) in [5.41, 5.74) is 0. The summed E-state index contributed by atoms with van der Waals surface area (Å²) in [6.07, 6.45) is 4.76. The van der Waals surface area contributed by atoms with Gasteiger partial charge in [0.05, 0.1) is 13.2 Å². The van der Waals surface area contributed by atoms with Crippen LogP contribution in [0.4, 0.5) is 0 Å². The van der Waals surface area contributed by atoms with Crippen LogP contribution in [0.25, 0.3) is 0 Å². The normalized spacial score (nSPS) is 29.2. The third-order valence-electron chi connectivity index (χ3n) is 1.95. The van der Waals surface area contributed by atoms with Gasteiger partial charge < -0.3 is 10.0 Å². The lowest BCUT2D eigenvalue weighted by Crippen LogP contribution is -2.39. The van der Waals surface area contributed by atoms with Gasteiger partial charge in [-0.05, 0) is 12.8 Å². The SMILES string of the molecule is CON([O-])C1CC=CCC1N=O. The summed E-state index contributed by atoms with van der Waals surface area (Å²) in [5, 5.41) is 14.3. The zero-order valence-electron chi connectivity index (χ0n) is 6.84. The molecule has 5 heteroatoms. The van der Waals surface area contributed by atoms with Crippen molar-refractivity contribution in [3.8, 4) is 0 Å². The monoisotopic (exact) mass is 171 g/mol. The van der Waals surface area contributed by atoms with Gasteiger partial charge in [0.15, 0.2) is 0 Å². The van der Waals surface area contributed by atoms with Crippen molar-refractivity contribution in [2.75, 3.05) is 7.11 Å². The van der Waals surface area contributed by atoms with Gasteiger partial charge in [-0.2, -0.15) is 4.91 Å². The zero-order valence-corrected chi connectivity index (χ0v) is 6.84. The van der Waals surface area contributed by atoms with Crippen molar-refractivity contribution in [3.63, 3.8) is 0 Å². The van der Waals surface area contributed by atoms with Crippen molar-refractivity contribution < 1.29 is 4.84 Å². The van der Waals surface area contributed by atoms with E-state index in [4.69, 9.17) is 0 Å². The maximum Gasteiger partial charge on any atom is 0.112 e. The molecule has 0 heterocycles. The van der Waals surface area contributed by atoms with Crippen LogP contribution >= 0.6 is 0 Å². The van der Waals surface area contributed by atoms with Gasteiger partial charge in [0.2, 0.25) is 0 Å². The van der Waals surface area contributed by atoms with Crippen molar-refractivity contribution in [3.05, 3.63) is 22.3 Å². The van der Waals surface area contributed by atoms with E-state index in [1.807, 2.05) is 12.2 Å². The molecular formula is C7H11N2O3-. The Hall–Kier alpha value is -0.780. The molecule has 2 unspecified atom stereocenters. The predicted molar refractivity (Wildman–Crippen MR) is 44.0 cm³/mol. The molecule has 12 heavy (non-hydrogen) atoms. The standard InChI is InChI=1S/C7H11N2O3/c1-12-9(11)7-5-3-2-4-6(7)8-10/h2-3,6-7H,4-5H2,1H3/q-1. The Kier molecular flexibility index (Phi) is 3.33. The lowest BCUT2D eigenvalue weighted by molar-refractivity contribution is -0.125. The van der Waals surface area contributed by atoms with Crippen LogP contribution in [0, 0.1) is 10.1 Å². The third-order valence-corrected chi connectivity index (χ3v) is 1.95. The van der Waals surface area contributed by atoms with Crippen molar-refractivity contribution in [1.82, 2.24) is 5.23 Å². The minimum atomic E-state index is -0.479. The van der Waals surface area contributed by atoms with Crippen LogP contribution in [0.2, 0.25) is 0 Å². The number of hydrogen-bond donors (Lipinski definition) is 0. The van der Waals surface area contributed by atoms with E-state index < -0.39 is 12.1 Å². The topological polar surface area (TPSA) is 65.0 Å². The summed E-state index contributed by atoms with van der Waals surface area (Å²) in [6.45, 7) is 0. The lowest BCUT2D eigenvalue weighted by atomic mass is 9.97. The average Bonchev–Trinajstić information content (AvgIpc) is 2.16. The van der Waals surface area contributed by atoms with Gasteiger partial charge in [-0.3, -0.25) is 5.23 Å². The molecule has 1 aliphatic carbocycles. The van der Waals surface area contributed by atoms with E-state index in [9.17, 15) is 10.1 Å².